The van der Waals surface area contributed by atoms with Crippen LogP contribution in [0.15, 0.2) is 54.6 Å². The number of Topliss-reactive ketones (excluding diaryl/α,β-unsaturated/α-hetero) is 1. The van der Waals surface area contributed by atoms with Crippen molar-refractivity contribution in [2.24, 2.45) is 0 Å². The van der Waals surface area contributed by atoms with E-state index in [1.807, 2.05) is 59.5 Å². The highest BCUT2D eigenvalue weighted by molar-refractivity contribution is 5.98. The SMILES string of the molecule is COCc1ccc(C(=O)N2CCC[C@H]2CC(=O)c2ccccc2)cc1. The van der Waals surface area contributed by atoms with Gasteiger partial charge >= 0.3 is 0 Å². The molecule has 2 aromatic carbocycles. The first kappa shape index (κ1) is 17.4. The molecule has 1 amide bonds. The highest BCUT2D eigenvalue weighted by atomic mass is 16.5. The average Bonchev–Trinajstić information content (AvgIpc) is 3.11. The first-order chi connectivity index (χ1) is 12.2. The number of nitrogens with zero attached hydrogens (tertiary/aromatic N) is 1. The molecule has 25 heavy (non-hydrogen) atoms. The van der Waals surface area contributed by atoms with E-state index in [2.05, 4.69) is 0 Å². The van der Waals surface area contributed by atoms with E-state index >= 15 is 0 Å². The summed E-state index contributed by atoms with van der Waals surface area (Å²) < 4.78 is 5.10. The Morgan fingerprint density at radius 3 is 2.44 bits per heavy atom. The van der Waals surface area contributed by atoms with E-state index < -0.39 is 0 Å². The van der Waals surface area contributed by atoms with Gasteiger partial charge in [-0.05, 0) is 30.5 Å². The van der Waals surface area contributed by atoms with Gasteiger partial charge in [-0.25, -0.2) is 0 Å². The quantitative estimate of drug-likeness (QED) is 0.755. The zero-order chi connectivity index (χ0) is 17.6. The van der Waals surface area contributed by atoms with Gasteiger partial charge in [0, 0.05) is 37.2 Å². The Morgan fingerprint density at radius 2 is 1.76 bits per heavy atom. The van der Waals surface area contributed by atoms with Gasteiger partial charge in [-0.2, -0.15) is 0 Å². The van der Waals surface area contributed by atoms with Gasteiger partial charge in [0.2, 0.25) is 0 Å². The van der Waals surface area contributed by atoms with E-state index in [-0.39, 0.29) is 17.7 Å². The minimum atomic E-state index is -0.0149. The molecule has 0 unspecified atom stereocenters. The van der Waals surface area contributed by atoms with Gasteiger partial charge < -0.3 is 9.64 Å². The molecular weight excluding hydrogens is 314 g/mol. The van der Waals surface area contributed by atoms with Crippen LogP contribution in [0, 0.1) is 0 Å². The van der Waals surface area contributed by atoms with Crippen molar-refractivity contribution >= 4 is 11.7 Å². The summed E-state index contributed by atoms with van der Waals surface area (Å²) in [5.41, 5.74) is 2.42. The second kappa shape index (κ2) is 8.08. The molecule has 0 N–H and O–H groups in total. The minimum absolute atomic E-state index is 0.00679. The molecule has 0 spiro atoms. The number of hydrogen-bond donors (Lipinski definition) is 0. The predicted molar refractivity (Wildman–Crippen MR) is 96.6 cm³/mol. The summed E-state index contributed by atoms with van der Waals surface area (Å²) >= 11 is 0. The monoisotopic (exact) mass is 337 g/mol. The number of amides is 1. The second-order valence-electron chi connectivity index (χ2n) is 6.42. The molecule has 0 bridgehead atoms. The Hall–Kier alpha value is -2.46. The molecule has 1 heterocycles. The third-order valence-corrected chi connectivity index (χ3v) is 4.67. The number of carbonyl (C=O) groups is 2. The standard InChI is InChI=1S/C21H23NO3/c1-25-15-16-9-11-18(12-10-16)21(24)22-13-5-8-19(22)14-20(23)17-6-3-2-4-7-17/h2-4,6-7,9-12,19H,5,8,13-15H2,1H3/t19-/m0/s1. The lowest BCUT2D eigenvalue weighted by molar-refractivity contribution is 0.0717. The molecule has 0 radical (unpaired) electrons. The molecule has 0 saturated carbocycles. The van der Waals surface area contributed by atoms with Crippen LogP contribution in [0.2, 0.25) is 0 Å². The maximum absolute atomic E-state index is 12.8. The van der Waals surface area contributed by atoms with Crippen molar-refractivity contribution in [2.45, 2.75) is 31.9 Å². The van der Waals surface area contributed by atoms with Crippen LogP contribution >= 0.6 is 0 Å². The summed E-state index contributed by atoms with van der Waals surface area (Å²) in [7, 11) is 1.65. The number of hydrogen-bond acceptors (Lipinski definition) is 3. The average molecular weight is 337 g/mol. The molecule has 4 nitrogen and oxygen atoms in total. The van der Waals surface area contributed by atoms with Crippen LogP contribution < -0.4 is 0 Å². The lowest BCUT2D eigenvalue weighted by atomic mass is 10.0. The van der Waals surface area contributed by atoms with Gasteiger partial charge in [-0.3, -0.25) is 9.59 Å². The van der Waals surface area contributed by atoms with Crippen molar-refractivity contribution in [1.82, 2.24) is 4.90 Å². The van der Waals surface area contributed by atoms with Crippen molar-refractivity contribution in [3.05, 3.63) is 71.3 Å². The van der Waals surface area contributed by atoms with Crippen molar-refractivity contribution < 1.29 is 14.3 Å². The first-order valence-electron chi connectivity index (χ1n) is 8.66. The maximum Gasteiger partial charge on any atom is 0.254 e. The largest absolute Gasteiger partial charge is 0.380 e. The van der Waals surface area contributed by atoms with Crippen LogP contribution in [0.3, 0.4) is 0 Å². The molecule has 0 aliphatic carbocycles. The highest BCUT2D eigenvalue weighted by Crippen LogP contribution is 2.24. The normalized spacial score (nSPS) is 16.8. The smallest absolute Gasteiger partial charge is 0.254 e. The Labute approximate surface area is 148 Å². The Bertz CT molecular complexity index is 725. The molecule has 2 aromatic rings. The molecule has 1 fully saturated rings. The molecule has 3 rings (SSSR count). The molecule has 4 heteroatoms. The van der Waals surface area contributed by atoms with Crippen molar-refractivity contribution in [1.29, 1.82) is 0 Å². The number of ether oxygens (including phenoxy) is 1. The van der Waals surface area contributed by atoms with Gasteiger partial charge in [0.1, 0.15) is 0 Å². The number of carbonyl (C=O) groups excluding carboxylic acids is 2. The molecule has 1 saturated heterocycles. The van der Waals surface area contributed by atoms with E-state index in [0.29, 0.717) is 30.7 Å². The number of ketones is 1. The molecule has 1 aliphatic heterocycles. The van der Waals surface area contributed by atoms with Crippen LogP contribution in [0.1, 0.15) is 45.5 Å². The van der Waals surface area contributed by atoms with E-state index in [4.69, 9.17) is 4.74 Å². The fourth-order valence-corrected chi connectivity index (χ4v) is 3.35. The van der Waals surface area contributed by atoms with Crippen LogP contribution in [-0.4, -0.2) is 36.3 Å². The van der Waals surface area contributed by atoms with E-state index in [1.54, 1.807) is 7.11 Å². The lowest BCUT2D eigenvalue weighted by Gasteiger charge is -2.24. The van der Waals surface area contributed by atoms with Gasteiger partial charge in [0.15, 0.2) is 5.78 Å². The fraction of sp³-hybridized carbons (Fsp3) is 0.333. The fourth-order valence-electron chi connectivity index (χ4n) is 3.35. The number of likely N-dealkylation sites (tertiary alicyclic amines) is 1. The summed E-state index contributed by atoms with van der Waals surface area (Å²) in [6.45, 7) is 1.25. The molecule has 130 valence electrons. The Balaban J connectivity index is 1.68. The van der Waals surface area contributed by atoms with Crippen LogP contribution in [-0.2, 0) is 11.3 Å². The highest BCUT2D eigenvalue weighted by Gasteiger charge is 2.31. The predicted octanol–water partition coefficient (Wildman–Crippen LogP) is 3.71. The van der Waals surface area contributed by atoms with E-state index in [0.717, 1.165) is 18.4 Å². The van der Waals surface area contributed by atoms with Crippen molar-refractivity contribution in [2.75, 3.05) is 13.7 Å². The zero-order valence-electron chi connectivity index (χ0n) is 14.5. The van der Waals surface area contributed by atoms with Gasteiger partial charge in [-0.15, -0.1) is 0 Å². The van der Waals surface area contributed by atoms with E-state index in [9.17, 15) is 9.59 Å². The number of rotatable bonds is 6. The second-order valence-corrected chi connectivity index (χ2v) is 6.42. The third-order valence-electron chi connectivity index (χ3n) is 4.67. The molecule has 1 atom stereocenters. The van der Waals surface area contributed by atoms with Crippen molar-refractivity contribution in [3.8, 4) is 0 Å². The minimum Gasteiger partial charge on any atom is -0.380 e. The molecule has 0 aromatic heterocycles. The molecular formula is C21H23NO3. The summed E-state index contributed by atoms with van der Waals surface area (Å²) in [6, 6.07) is 16.8. The van der Waals surface area contributed by atoms with Gasteiger partial charge in [0.05, 0.1) is 6.61 Å². The third kappa shape index (κ3) is 4.15. The number of methoxy groups -OCH3 is 1. The summed E-state index contributed by atoms with van der Waals surface area (Å²) in [5.74, 6) is 0.105. The Kier molecular flexibility index (Phi) is 5.61. The topological polar surface area (TPSA) is 46.6 Å². The number of benzene rings is 2. The van der Waals surface area contributed by atoms with Crippen LogP contribution in [0.4, 0.5) is 0 Å². The zero-order valence-corrected chi connectivity index (χ0v) is 14.5. The van der Waals surface area contributed by atoms with E-state index in [1.165, 1.54) is 0 Å². The lowest BCUT2D eigenvalue weighted by Crippen LogP contribution is -2.36. The van der Waals surface area contributed by atoms with Crippen LogP contribution in [0.25, 0.3) is 0 Å². The summed E-state index contributed by atoms with van der Waals surface area (Å²) in [6.07, 6.45) is 2.21. The first-order valence-corrected chi connectivity index (χ1v) is 8.66. The summed E-state index contributed by atoms with van der Waals surface area (Å²) in [5, 5.41) is 0. The van der Waals surface area contributed by atoms with Crippen LogP contribution in [0.5, 0.6) is 0 Å². The summed E-state index contributed by atoms with van der Waals surface area (Å²) in [4.78, 5) is 27.2. The van der Waals surface area contributed by atoms with Gasteiger partial charge in [-0.1, -0.05) is 42.5 Å². The Morgan fingerprint density at radius 1 is 1.04 bits per heavy atom. The van der Waals surface area contributed by atoms with Crippen molar-refractivity contribution in [3.63, 3.8) is 0 Å². The maximum atomic E-state index is 12.8. The molecule has 1 aliphatic rings. The van der Waals surface area contributed by atoms with Gasteiger partial charge in [0.25, 0.3) is 5.91 Å².